The van der Waals surface area contributed by atoms with Gasteiger partial charge < -0.3 is 10.2 Å². The topological polar surface area (TPSA) is 39.2 Å². The van der Waals surface area contributed by atoms with Crippen LogP contribution in [0.15, 0.2) is 45.5 Å². The number of rotatable bonds is 3. The number of nitrogens with two attached hydrogens (primary N) is 1. The molecule has 0 aliphatic carbocycles. The van der Waals surface area contributed by atoms with E-state index in [1.807, 2.05) is 6.07 Å². The van der Waals surface area contributed by atoms with Gasteiger partial charge in [0.25, 0.3) is 0 Å². The van der Waals surface area contributed by atoms with Crippen LogP contribution in [-0.2, 0) is 6.42 Å². The van der Waals surface area contributed by atoms with E-state index < -0.39 is 0 Å². The summed E-state index contributed by atoms with van der Waals surface area (Å²) < 4.78 is 6.29. The van der Waals surface area contributed by atoms with Crippen LogP contribution in [0.25, 0.3) is 0 Å². The smallest absolute Gasteiger partial charge is 0.134 e. The van der Waals surface area contributed by atoms with E-state index >= 15 is 0 Å². The van der Waals surface area contributed by atoms with Crippen LogP contribution in [0.2, 0.25) is 0 Å². The number of benzene rings is 1. The first-order valence-electron chi connectivity index (χ1n) is 5.21. The maximum Gasteiger partial charge on any atom is 0.134 e. The van der Waals surface area contributed by atoms with Crippen molar-refractivity contribution in [1.29, 1.82) is 0 Å². The van der Waals surface area contributed by atoms with Gasteiger partial charge in [-0.05, 0) is 40.9 Å². The van der Waals surface area contributed by atoms with E-state index in [1.165, 1.54) is 11.1 Å². The van der Waals surface area contributed by atoms with E-state index in [0.717, 1.165) is 16.7 Å². The highest BCUT2D eigenvalue weighted by molar-refractivity contribution is 9.10. The fourth-order valence-electron chi connectivity index (χ4n) is 1.64. The lowest BCUT2D eigenvalue weighted by Gasteiger charge is -2.09. The summed E-state index contributed by atoms with van der Waals surface area (Å²) in [7, 11) is 0. The first-order valence-corrected chi connectivity index (χ1v) is 6.00. The third-order valence-corrected chi connectivity index (χ3v) is 3.21. The Balaban J connectivity index is 2.10. The minimum Gasteiger partial charge on any atom is -0.466 e. The molecule has 1 heterocycles. The highest BCUT2D eigenvalue weighted by atomic mass is 79.9. The predicted octanol–water partition coefficient (Wildman–Crippen LogP) is 3.59. The average Bonchev–Trinajstić information content (AvgIpc) is 2.68. The molecule has 0 radical (unpaired) electrons. The van der Waals surface area contributed by atoms with Gasteiger partial charge in [-0.1, -0.05) is 29.8 Å². The zero-order chi connectivity index (χ0) is 11.5. The molecule has 2 aromatic rings. The highest BCUT2D eigenvalue weighted by Crippen LogP contribution is 2.25. The summed E-state index contributed by atoms with van der Waals surface area (Å²) in [4.78, 5) is 0. The Labute approximate surface area is 104 Å². The summed E-state index contributed by atoms with van der Waals surface area (Å²) in [6.07, 6.45) is 2.43. The molecule has 2 rings (SSSR count). The molecule has 0 spiro atoms. The van der Waals surface area contributed by atoms with Crippen LogP contribution < -0.4 is 5.73 Å². The molecule has 1 aromatic heterocycles. The third-order valence-electron chi connectivity index (χ3n) is 2.56. The van der Waals surface area contributed by atoms with Crippen LogP contribution in [0.4, 0.5) is 0 Å². The minimum atomic E-state index is -0.105. The molecule has 2 nitrogen and oxygen atoms in total. The summed E-state index contributed by atoms with van der Waals surface area (Å²) in [6.45, 7) is 2.08. The quantitative estimate of drug-likeness (QED) is 0.933. The van der Waals surface area contributed by atoms with Crippen molar-refractivity contribution in [2.24, 2.45) is 5.73 Å². The maximum atomic E-state index is 6.09. The highest BCUT2D eigenvalue weighted by Gasteiger charge is 2.13. The Kier molecular flexibility index (Phi) is 3.46. The predicted molar refractivity (Wildman–Crippen MR) is 68.2 cm³/mol. The van der Waals surface area contributed by atoms with Crippen molar-refractivity contribution in [3.63, 3.8) is 0 Å². The van der Waals surface area contributed by atoms with Crippen molar-refractivity contribution in [2.75, 3.05) is 0 Å². The minimum absolute atomic E-state index is 0.105. The van der Waals surface area contributed by atoms with E-state index in [1.54, 1.807) is 6.26 Å². The molecule has 0 aliphatic rings. The SMILES string of the molecule is Cc1ccc(CC(N)c2occc2Br)cc1. The standard InChI is InChI=1S/C13H14BrNO/c1-9-2-4-10(5-3-9)8-12(15)13-11(14)6-7-16-13/h2-7,12H,8,15H2,1H3. The van der Waals surface area contributed by atoms with Gasteiger partial charge in [-0.2, -0.15) is 0 Å². The molecular weight excluding hydrogens is 266 g/mol. The lowest BCUT2D eigenvalue weighted by Crippen LogP contribution is -2.12. The molecular formula is C13H14BrNO. The normalized spacial score (nSPS) is 12.7. The summed E-state index contributed by atoms with van der Waals surface area (Å²) >= 11 is 3.42. The van der Waals surface area contributed by atoms with Crippen LogP contribution in [-0.4, -0.2) is 0 Å². The summed E-state index contributed by atoms with van der Waals surface area (Å²) in [6, 6.07) is 10.2. The van der Waals surface area contributed by atoms with Crippen molar-refractivity contribution in [1.82, 2.24) is 0 Å². The molecule has 2 N–H and O–H groups in total. The Morgan fingerprint density at radius 1 is 1.25 bits per heavy atom. The zero-order valence-corrected chi connectivity index (χ0v) is 10.7. The second-order valence-electron chi connectivity index (χ2n) is 3.93. The van der Waals surface area contributed by atoms with Gasteiger partial charge in [0, 0.05) is 0 Å². The van der Waals surface area contributed by atoms with Crippen LogP contribution in [0, 0.1) is 6.92 Å². The zero-order valence-electron chi connectivity index (χ0n) is 9.11. The molecule has 16 heavy (non-hydrogen) atoms. The molecule has 1 unspecified atom stereocenters. The Bertz CT molecular complexity index is 461. The summed E-state index contributed by atoms with van der Waals surface area (Å²) in [5.74, 6) is 0.806. The van der Waals surface area contributed by atoms with Gasteiger partial charge in [0.2, 0.25) is 0 Å². The largest absolute Gasteiger partial charge is 0.466 e. The molecule has 1 aromatic carbocycles. The van der Waals surface area contributed by atoms with Crippen LogP contribution >= 0.6 is 15.9 Å². The number of furan rings is 1. The number of halogens is 1. The summed E-state index contributed by atoms with van der Waals surface area (Å²) in [5.41, 5.74) is 8.57. The van der Waals surface area contributed by atoms with Gasteiger partial charge in [-0.3, -0.25) is 0 Å². The van der Waals surface area contributed by atoms with Crippen molar-refractivity contribution in [3.05, 3.63) is 58.0 Å². The van der Waals surface area contributed by atoms with E-state index in [2.05, 4.69) is 47.1 Å². The third kappa shape index (κ3) is 2.54. The van der Waals surface area contributed by atoms with E-state index in [9.17, 15) is 0 Å². The van der Waals surface area contributed by atoms with E-state index in [4.69, 9.17) is 10.2 Å². The van der Waals surface area contributed by atoms with Gasteiger partial charge in [-0.25, -0.2) is 0 Å². The first-order chi connectivity index (χ1) is 7.66. The molecule has 3 heteroatoms. The van der Waals surface area contributed by atoms with E-state index in [0.29, 0.717) is 0 Å². The molecule has 1 atom stereocenters. The Morgan fingerprint density at radius 3 is 2.50 bits per heavy atom. The number of hydrogen-bond acceptors (Lipinski definition) is 2. The molecule has 84 valence electrons. The lowest BCUT2D eigenvalue weighted by atomic mass is 10.0. The van der Waals surface area contributed by atoms with Gasteiger partial charge in [0.05, 0.1) is 16.8 Å². The first kappa shape index (κ1) is 11.4. The number of aryl methyl sites for hydroxylation is 1. The molecule has 0 aliphatic heterocycles. The van der Waals surface area contributed by atoms with Gasteiger partial charge in [-0.15, -0.1) is 0 Å². The second kappa shape index (κ2) is 4.85. The van der Waals surface area contributed by atoms with Crippen LogP contribution in [0.5, 0.6) is 0 Å². The van der Waals surface area contributed by atoms with Crippen LogP contribution in [0.1, 0.15) is 22.9 Å². The van der Waals surface area contributed by atoms with Gasteiger partial charge in [0.1, 0.15) is 5.76 Å². The fourth-order valence-corrected chi connectivity index (χ4v) is 2.14. The summed E-state index contributed by atoms with van der Waals surface area (Å²) in [5, 5.41) is 0. The van der Waals surface area contributed by atoms with E-state index in [-0.39, 0.29) is 6.04 Å². The van der Waals surface area contributed by atoms with Crippen molar-refractivity contribution >= 4 is 15.9 Å². The number of hydrogen-bond donors (Lipinski definition) is 1. The van der Waals surface area contributed by atoms with Gasteiger partial charge in [0.15, 0.2) is 0 Å². The van der Waals surface area contributed by atoms with Crippen molar-refractivity contribution in [2.45, 2.75) is 19.4 Å². The Morgan fingerprint density at radius 2 is 1.94 bits per heavy atom. The second-order valence-corrected chi connectivity index (χ2v) is 4.78. The average molecular weight is 280 g/mol. The molecule has 0 saturated carbocycles. The molecule has 0 bridgehead atoms. The molecule has 0 fully saturated rings. The molecule has 0 amide bonds. The Hall–Kier alpha value is -1.06. The van der Waals surface area contributed by atoms with Crippen molar-refractivity contribution in [3.8, 4) is 0 Å². The molecule has 0 saturated heterocycles. The van der Waals surface area contributed by atoms with Crippen LogP contribution in [0.3, 0.4) is 0 Å². The monoisotopic (exact) mass is 279 g/mol. The van der Waals surface area contributed by atoms with Gasteiger partial charge >= 0.3 is 0 Å². The van der Waals surface area contributed by atoms with Crippen molar-refractivity contribution < 1.29 is 4.42 Å². The lowest BCUT2D eigenvalue weighted by molar-refractivity contribution is 0.462. The maximum absolute atomic E-state index is 6.09. The fraction of sp³-hybridized carbons (Fsp3) is 0.231.